The summed E-state index contributed by atoms with van der Waals surface area (Å²) in [6, 6.07) is 11.9. The molecule has 0 bridgehead atoms. The maximum atomic E-state index is 13.5. The van der Waals surface area contributed by atoms with E-state index in [-0.39, 0.29) is 23.2 Å². The van der Waals surface area contributed by atoms with Crippen molar-refractivity contribution < 1.29 is 13.9 Å². The molecule has 0 saturated carbocycles. The molecule has 2 heterocycles. The van der Waals surface area contributed by atoms with Crippen molar-refractivity contribution in [3.05, 3.63) is 74.6 Å². The number of likely N-dealkylation sites (N-methyl/N-ethyl adjacent to an activating group) is 1. The molecule has 0 N–H and O–H groups in total. The minimum atomic E-state index is -0.532. The zero-order valence-corrected chi connectivity index (χ0v) is 18.8. The largest absolute Gasteiger partial charge is 0.491 e. The van der Waals surface area contributed by atoms with Crippen LogP contribution in [0.2, 0.25) is 5.02 Å². The highest BCUT2D eigenvalue weighted by atomic mass is 35.5. The fourth-order valence-electron chi connectivity index (χ4n) is 3.88. The highest BCUT2D eigenvalue weighted by molar-refractivity contribution is 6.31. The first-order valence-corrected chi connectivity index (χ1v) is 10.6. The fourth-order valence-corrected chi connectivity index (χ4v) is 4.05. The number of fused-ring (bicyclic) bond motifs is 2. The molecular formula is C24H25ClN2O4. The lowest BCUT2D eigenvalue weighted by molar-refractivity contribution is 0.0716. The molecule has 162 valence electrons. The maximum absolute atomic E-state index is 13.5. The van der Waals surface area contributed by atoms with Crippen LogP contribution in [0, 0.1) is 0 Å². The Morgan fingerprint density at radius 2 is 1.84 bits per heavy atom. The van der Waals surface area contributed by atoms with E-state index in [9.17, 15) is 9.59 Å². The van der Waals surface area contributed by atoms with Crippen LogP contribution in [0.3, 0.4) is 0 Å². The molecule has 31 heavy (non-hydrogen) atoms. The lowest BCUT2D eigenvalue weighted by atomic mass is 9.98. The summed E-state index contributed by atoms with van der Waals surface area (Å²) in [6.45, 7) is 5.04. The predicted octanol–water partition coefficient (Wildman–Crippen LogP) is 4.34. The zero-order valence-electron chi connectivity index (χ0n) is 18.0. The first kappa shape index (κ1) is 21.4. The number of rotatable bonds is 6. The highest BCUT2D eigenvalue weighted by Gasteiger charge is 2.42. The number of nitrogens with zero attached hydrogens (tertiary/aromatic N) is 2. The molecule has 1 aliphatic rings. The van der Waals surface area contributed by atoms with E-state index in [0.717, 1.165) is 11.3 Å². The number of amides is 1. The van der Waals surface area contributed by atoms with Crippen LogP contribution in [0.4, 0.5) is 0 Å². The van der Waals surface area contributed by atoms with Crippen LogP contribution in [0.5, 0.6) is 5.75 Å². The van der Waals surface area contributed by atoms with Gasteiger partial charge in [-0.1, -0.05) is 23.7 Å². The molecule has 1 atom stereocenters. The van der Waals surface area contributed by atoms with Crippen LogP contribution in [-0.2, 0) is 0 Å². The van der Waals surface area contributed by atoms with Gasteiger partial charge in [0, 0.05) is 18.1 Å². The predicted molar refractivity (Wildman–Crippen MR) is 121 cm³/mol. The molecule has 0 spiro atoms. The van der Waals surface area contributed by atoms with E-state index in [1.807, 2.05) is 57.1 Å². The second-order valence-electron chi connectivity index (χ2n) is 8.25. The van der Waals surface area contributed by atoms with Crippen LogP contribution in [0.1, 0.15) is 41.6 Å². The average molecular weight is 441 g/mol. The van der Waals surface area contributed by atoms with Gasteiger partial charge in [0.1, 0.15) is 11.3 Å². The summed E-state index contributed by atoms with van der Waals surface area (Å²) in [4.78, 5) is 30.5. The average Bonchev–Trinajstić information content (AvgIpc) is 2.99. The third-order valence-electron chi connectivity index (χ3n) is 5.28. The Morgan fingerprint density at radius 3 is 2.48 bits per heavy atom. The van der Waals surface area contributed by atoms with Gasteiger partial charge in [-0.2, -0.15) is 0 Å². The second kappa shape index (κ2) is 8.36. The quantitative estimate of drug-likeness (QED) is 0.570. The van der Waals surface area contributed by atoms with Crippen molar-refractivity contribution in [1.82, 2.24) is 9.80 Å². The minimum Gasteiger partial charge on any atom is -0.491 e. The van der Waals surface area contributed by atoms with Gasteiger partial charge in [0.2, 0.25) is 5.76 Å². The molecule has 1 aliphatic heterocycles. The van der Waals surface area contributed by atoms with E-state index in [1.165, 1.54) is 0 Å². The molecule has 1 unspecified atom stereocenters. The smallest absolute Gasteiger partial charge is 0.290 e. The molecule has 0 aliphatic carbocycles. The second-order valence-corrected chi connectivity index (χ2v) is 8.69. The van der Waals surface area contributed by atoms with E-state index >= 15 is 0 Å². The first-order valence-electron chi connectivity index (χ1n) is 10.2. The molecule has 1 aromatic heterocycles. The van der Waals surface area contributed by atoms with Gasteiger partial charge in [0.15, 0.2) is 5.43 Å². The zero-order chi connectivity index (χ0) is 22.3. The number of hydrogen-bond donors (Lipinski definition) is 0. The van der Waals surface area contributed by atoms with Crippen molar-refractivity contribution in [2.75, 3.05) is 27.2 Å². The molecule has 0 saturated heterocycles. The number of halogens is 1. The van der Waals surface area contributed by atoms with Gasteiger partial charge in [0.05, 0.1) is 23.1 Å². The van der Waals surface area contributed by atoms with Crippen LogP contribution in [-0.4, -0.2) is 49.0 Å². The summed E-state index contributed by atoms with van der Waals surface area (Å²) in [7, 11) is 3.89. The standard InChI is InChI=1S/C24H25ClN2O4/c1-14(2)30-17-8-5-15(6-9-17)21-20-22(28)18-13-16(25)7-10-19(18)31-23(20)24(29)27(21)12-11-26(3)4/h5-10,13-14,21H,11-12H2,1-4H3. The summed E-state index contributed by atoms with van der Waals surface area (Å²) >= 11 is 6.12. The summed E-state index contributed by atoms with van der Waals surface area (Å²) in [5.41, 5.74) is 1.31. The fraction of sp³-hybridized carbons (Fsp3) is 0.333. The van der Waals surface area contributed by atoms with Crippen LogP contribution in [0.25, 0.3) is 11.0 Å². The number of carbonyl (C=O) groups excluding carboxylic acids is 1. The Kier molecular flexibility index (Phi) is 5.77. The van der Waals surface area contributed by atoms with Gasteiger partial charge < -0.3 is 19.0 Å². The Bertz CT molecular complexity index is 1180. The van der Waals surface area contributed by atoms with Crippen LogP contribution < -0.4 is 10.2 Å². The minimum absolute atomic E-state index is 0.0550. The van der Waals surface area contributed by atoms with E-state index in [4.69, 9.17) is 20.8 Å². The third-order valence-corrected chi connectivity index (χ3v) is 5.52. The SMILES string of the molecule is CC(C)Oc1ccc(C2c3c(oc4ccc(Cl)cc4c3=O)C(=O)N2CCN(C)C)cc1. The maximum Gasteiger partial charge on any atom is 0.290 e. The lowest BCUT2D eigenvalue weighted by Crippen LogP contribution is -2.35. The Morgan fingerprint density at radius 1 is 1.13 bits per heavy atom. The number of ether oxygens (including phenoxy) is 1. The first-order chi connectivity index (χ1) is 14.8. The van der Waals surface area contributed by atoms with Gasteiger partial charge in [0.25, 0.3) is 5.91 Å². The monoisotopic (exact) mass is 440 g/mol. The van der Waals surface area contributed by atoms with Gasteiger partial charge in [-0.3, -0.25) is 9.59 Å². The van der Waals surface area contributed by atoms with Gasteiger partial charge in [-0.25, -0.2) is 0 Å². The van der Waals surface area contributed by atoms with Crippen molar-refractivity contribution in [3.8, 4) is 5.75 Å². The lowest BCUT2D eigenvalue weighted by Gasteiger charge is -2.26. The molecule has 1 amide bonds. The van der Waals surface area contributed by atoms with Crippen LogP contribution in [0.15, 0.2) is 51.7 Å². The van der Waals surface area contributed by atoms with E-state index in [2.05, 4.69) is 0 Å². The van der Waals surface area contributed by atoms with Crippen molar-refractivity contribution in [3.63, 3.8) is 0 Å². The highest BCUT2D eigenvalue weighted by Crippen LogP contribution is 2.38. The van der Waals surface area contributed by atoms with Crippen molar-refractivity contribution in [2.24, 2.45) is 0 Å². The molecule has 0 fully saturated rings. The molecule has 2 aromatic carbocycles. The molecule has 6 nitrogen and oxygen atoms in total. The Balaban J connectivity index is 1.86. The normalized spacial score (nSPS) is 15.9. The van der Waals surface area contributed by atoms with E-state index in [1.54, 1.807) is 23.1 Å². The molecule has 0 radical (unpaired) electrons. The molecule has 4 rings (SSSR count). The van der Waals surface area contributed by atoms with Crippen molar-refractivity contribution >= 4 is 28.5 Å². The van der Waals surface area contributed by atoms with Crippen LogP contribution >= 0.6 is 11.6 Å². The molecule has 3 aromatic rings. The summed E-state index contributed by atoms with van der Waals surface area (Å²) in [6.07, 6.45) is 0.0550. The summed E-state index contributed by atoms with van der Waals surface area (Å²) in [5.74, 6) is 0.560. The van der Waals surface area contributed by atoms with Gasteiger partial charge in [-0.15, -0.1) is 0 Å². The van der Waals surface area contributed by atoms with Gasteiger partial charge in [-0.05, 0) is 63.8 Å². The summed E-state index contributed by atoms with van der Waals surface area (Å²) < 4.78 is 11.7. The molecule has 7 heteroatoms. The third kappa shape index (κ3) is 4.05. The number of benzene rings is 2. The van der Waals surface area contributed by atoms with Crippen molar-refractivity contribution in [1.29, 1.82) is 0 Å². The summed E-state index contributed by atoms with van der Waals surface area (Å²) in [5, 5.41) is 0.818. The van der Waals surface area contributed by atoms with Crippen molar-refractivity contribution in [2.45, 2.75) is 26.0 Å². The van der Waals surface area contributed by atoms with Gasteiger partial charge >= 0.3 is 0 Å². The van der Waals surface area contributed by atoms with E-state index in [0.29, 0.717) is 34.6 Å². The Hall–Kier alpha value is -2.83. The number of carbonyl (C=O) groups is 1. The number of hydrogen-bond acceptors (Lipinski definition) is 5. The Labute approximate surface area is 186 Å². The molecular weight excluding hydrogens is 416 g/mol. The topological polar surface area (TPSA) is 63.0 Å². The van der Waals surface area contributed by atoms with E-state index < -0.39 is 6.04 Å².